The summed E-state index contributed by atoms with van der Waals surface area (Å²) in [5.74, 6) is -0.724. The van der Waals surface area contributed by atoms with Gasteiger partial charge in [0.15, 0.2) is 0 Å². The topological polar surface area (TPSA) is 46.6 Å². The molecule has 0 bridgehead atoms. The van der Waals surface area contributed by atoms with Crippen LogP contribution < -0.4 is 0 Å². The smallest absolute Gasteiger partial charge is 0.340 e. The predicted molar refractivity (Wildman–Crippen MR) is 95.8 cm³/mol. The maximum absolute atomic E-state index is 12.8. The summed E-state index contributed by atoms with van der Waals surface area (Å²) in [5, 5.41) is 0.820. The molecule has 1 aromatic rings. The third kappa shape index (κ3) is 3.65. The molecular formula is C18H19Cl2NO3. The molecular weight excluding hydrogens is 349 g/mol. The number of methoxy groups -OCH3 is 1. The number of hydrogen-bond acceptors (Lipinski definition) is 3. The number of rotatable bonds is 5. The first-order valence-corrected chi connectivity index (χ1v) is 8.44. The minimum Gasteiger partial charge on any atom is -0.465 e. The van der Waals surface area contributed by atoms with Crippen LogP contribution in [0.15, 0.2) is 35.0 Å². The molecule has 1 heterocycles. The summed E-state index contributed by atoms with van der Waals surface area (Å²) in [7, 11) is 1.30. The fraction of sp³-hybridized carbons (Fsp3) is 0.333. The number of carbonyl (C=O) groups excluding carboxylic acids is 2. The van der Waals surface area contributed by atoms with Crippen LogP contribution >= 0.6 is 23.2 Å². The lowest BCUT2D eigenvalue weighted by molar-refractivity contribution is -0.136. The van der Waals surface area contributed by atoms with Gasteiger partial charge in [-0.3, -0.25) is 4.79 Å². The van der Waals surface area contributed by atoms with Gasteiger partial charge in [0.1, 0.15) is 0 Å². The van der Waals surface area contributed by atoms with Crippen molar-refractivity contribution < 1.29 is 14.3 Å². The lowest BCUT2D eigenvalue weighted by atomic mass is 10.0. The Bertz CT molecular complexity index is 738. The van der Waals surface area contributed by atoms with Crippen LogP contribution in [0, 0.1) is 0 Å². The van der Waals surface area contributed by atoms with Crippen LogP contribution in [0.4, 0.5) is 0 Å². The number of nitrogens with zero attached hydrogens (tertiary/aromatic N) is 1. The minimum atomic E-state index is -0.522. The Labute approximate surface area is 151 Å². The van der Waals surface area contributed by atoms with E-state index in [9.17, 15) is 9.59 Å². The largest absolute Gasteiger partial charge is 0.465 e. The Morgan fingerprint density at radius 1 is 1.29 bits per heavy atom. The van der Waals surface area contributed by atoms with Crippen molar-refractivity contribution in [3.63, 3.8) is 0 Å². The SMILES string of the molecule is CCCCN1C(=O)/C(=C\c2ccc(Cl)c(Cl)c2)C(C(=O)OC)=C1C. The van der Waals surface area contributed by atoms with Gasteiger partial charge in [0.2, 0.25) is 0 Å². The van der Waals surface area contributed by atoms with Crippen LogP contribution in [0.2, 0.25) is 10.0 Å². The van der Waals surface area contributed by atoms with Gasteiger partial charge in [-0.1, -0.05) is 42.6 Å². The Morgan fingerprint density at radius 2 is 2.00 bits per heavy atom. The van der Waals surface area contributed by atoms with E-state index in [1.54, 1.807) is 36.1 Å². The van der Waals surface area contributed by atoms with Crippen molar-refractivity contribution in [2.75, 3.05) is 13.7 Å². The van der Waals surface area contributed by atoms with Crippen molar-refractivity contribution in [2.24, 2.45) is 0 Å². The standard InChI is InChI=1S/C18H19Cl2NO3/c1-4-5-8-21-11(2)16(18(23)24-3)13(17(21)22)9-12-6-7-14(19)15(20)10-12/h6-7,9-10H,4-5,8H2,1-3H3/b13-9-. The summed E-state index contributed by atoms with van der Waals surface area (Å²) in [6, 6.07) is 5.05. The Kier molecular flexibility index (Phi) is 6.08. The average Bonchev–Trinajstić information content (AvgIpc) is 2.79. The Hall–Kier alpha value is -1.78. The quantitative estimate of drug-likeness (QED) is 0.569. The van der Waals surface area contributed by atoms with E-state index in [0.29, 0.717) is 39.0 Å². The summed E-state index contributed by atoms with van der Waals surface area (Å²) in [6.45, 7) is 4.38. The number of halogens is 2. The van der Waals surface area contributed by atoms with Gasteiger partial charge in [-0.2, -0.15) is 0 Å². The van der Waals surface area contributed by atoms with E-state index >= 15 is 0 Å². The number of carbonyl (C=O) groups is 2. The average molecular weight is 368 g/mol. The molecule has 1 aliphatic rings. The lowest BCUT2D eigenvalue weighted by Crippen LogP contribution is -2.26. The molecule has 128 valence electrons. The monoisotopic (exact) mass is 367 g/mol. The van der Waals surface area contributed by atoms with Crippen LogP contribution in [0.1, 0.15) is 32.3 Å². The van der Waals surface area contributed by atoms with E-state index in [2.05, 4.69) is 0 Å². The normalized spacial score (nSPS) is 16.3. The van der Waals surface area contributed by atoms with E-state index in [0.717, 1.165) is 12.8 Å². The fourth-order valence-electron chi connectivity index (χ4n) is 2.58. The third-order valence-electron chi connectivity index (χ3n) is 3.89. The molecule has 0 fully saturated rings. The van der Waals surface area contributed by atoms with Gasteiger partial charge in [-0.25, -0.2) is 4.79 Å². The summed E-state index contributed by atoms with van der Waals surface area (Å²) in [5.41, 5.74) is 1.92. The highest BCUT2D eigenvalue weighted by atomic mass is 35.5. The number of benzene rings is 1. The van der Waals surface area contributed by atoms with Gasteiger partial charge >= 0.3 is 5.97 Å². The van der Waals surface area contributed by atoms with Crippen molar-refractivity contribution >= 4 is 41.2 Å². The number of allylic oxidation sites excluding steroid dienone is 1. The second-order valence-corrected chi connectivity index (χ2v) is 6.31. The van der Waals surface area contributed by atoms with Crippen molar-refractivity contribution in [2.45, 2.75) is 26.7 Å². The highest BCUT2D eigenvalue weighted by Gasteiger charge is 2.36. The van der Waals surface area contributed by atoms with Crippen molar-refractivity contribution in [1.82, 2.24) is 4.90 Å². The molecule has 0 radical (unpaired) electrons. The number of unbranched alkanes of at least 4 members (excludes halogenated alkanes) is 1. The molecule has 1 aliphatic heterocycles. The molecule has 4 nitrogen and oxygen atoms in total. The molecule has 0 unspecified atom stereocenters. The van der Waals surface area contributed by atoms with Crippen LogP contribution in [0.3, 0.4) is 0 Å². The molecule has 0 N–H and O–H groups in total. The molecule has 0 aromatic heterocycles. The number of esters is 1. The summed E-state index contributed by atoms with van der Waals surface area (Å²) in [4.78, 5) is 26.5. The molecule has 0 atom stereocenters. The minimum absolute atomic E-state index is 0.201. The molecule has 0 saturated heterocycles. The molecule has 1 aromatic carbocycles. The van der Waals surface area contributed by atoms with Crippen molar-refractivity contribution in [3.05, 3.63) is 50.7 Å². The van der Waals surface area contributed by atoms with E-state index in [4.69, 9.17) is 27.9 Å². The van der Waals surface area contributed by atoms with Gasteiger partial charge in [0, 0.05) is 12.2 Å². The maximum Gasteiger partial charge on any atom is 0.340 e. The van der Waals surface area contributed by atoms with Gasteiger partial charge in [-0.15, -0.1) is 0 Å². The van der Waals surface area contributed by atoms with E-state index in [-0.39, 0.29) is 5.91 Å². The van der Waals surface area contributed by atoms with E-state index in [1.165, 1.54) is 7.11 Å². The zero-order chi connectivity index (χ0) is 17.9. The molecule has 1 amide bonds. The second kappa shape index (κ2) is 7.86. The lowest BCUT2D eigenvalue weighted by Gasteiger charge is -2.17. The zero-order valence-corrected chi connectivity index (χ0v) is 15.4. The fourth-order valence-corrected chi connectivity index (χ4v) is 2.89. The first-order valence-electron chi connectivity index (χ1n) is 7.68. The number of ether oxygens (including phenoxy) is 1. The van der Waals surface area contributed by atoms with E-state index in [1.807, 2.05) is 6.92 Å². The van der Waals surface area contributed by atoms with Crippen LogP contribution in [0.25, 0.3) is 6.08 Å². The van der Waals surface area contributed by atoms with Gasteiger partial charge in [0.05, 0.1) is 28.3 Å². The molecule has 6 heteroatoms. The van der Waals surface area contributed by atoms with Crippen molar-refractivity contribution in [1.29, 1.82) is 0 Å². The van der Waals surface area contributed by atoms with E-state index < -0.39 is 5.97 Å². The maximum atomic E-state index is 12.8. The summed E-state index contributed by atoms with van der Waals surface area (Å²) < 4.78 is 4.85. The third-order valence-corrected chi connectivity index (χ3v) is 4.63. The molecule has 0 spiro atoms. The van der Waals surface area contributed by atoms with Crippen LogP contribution in [-0.4, -0.2) is 30.4 Å². The molecule has 2 rings (SSSR count). The Morgan fingerprint density at radius 3 is 2.58 bits per heavy atom. The molecule has 24 heavy (non-hydrogen) atoms. The highest BCUT2D eigenvalue weighted by Crippen LogP contribution is 2.32. The molecule has 0 aliphatic carbocycles. The zero-order valence-electron chi connectivity index (χ0n) is 13.9. The van der Waals surface area contributed by atoms with Crippen LogP contribution in [-0.2, 0) is 14.3 Å². The second-order valence-electron chi connectivity index (χ2n) is 5.49. The number of hydrogen-bond donors (Lipinski definition) is 0. The summed E-state index contributed by atoms with van der Waals surface area (Å²) in [6.07, 6.45) is 3.46. The molecule has 0 saturated carbocycles. The van der Waals surface area contributed by atoms with Gasteiger partial charge in [0.25, 0.3) is 5.91 Å². The Balaban J connectivity index is 2.49. The number of amides is 1. The highest BCUT2D eigenvalue weighted by molar-refractivity contribution is 6.42. The van der Waals surface area contributed by atoms with Crippen LogP contribution in [0.5, 0.6) is 0 Å². The van der Waals surface area contributed by atoms with Gasteiger partial charge < -0.3 is 9.64 Å². The summed E-state index contributed by atoms with van der Waals surface area (Å²) >= 11 is 11.9. The first kappa shape index (κ1) is 18.6. The predicted octanol–water partition coefficient (Wildman–Crippen LogP) is 4.47. The van der Waals surface area contributed by atoms with Crippen molar-refractivity contribution in [3.8, 4) is 0 Å². The first-order chi connectivity index (χ1) is 11.4. The van der Waals surface area contributed by atoms with Gasteiger partial charge in [-0.05, 0) is 37.1 Å².